The monoisotopic (exact) mass is 378 g/mol. The number of hydrogen-bond acceptors (Lipinski definition) is 5. The summed E-state index contributed by atoms with van der Waals surface area (Å²) in [6, 6.07) is 5.86. The molecule has 1 aromatic carbocycles. The minimum absolute atomic E-state index is 0.0507. The van der Waals surface area contributed by atoms with Crippen LogP contribution in [0.3, 0.4) is 0 Å². The first-order chi connectivity index (χ1) is 12.2. The predicted molar refractivity (Wildman–Crippen MR) is 94.8 cm³/mol. The zero-order chi connectivity index (χ0) is 19.1. The first kappa shape index (κ1) is 17.8. The van der Waals surface area contributed by atoms with Crippen LogP contribution in [0.2, 0.25) is 0 Å². The Bertz CT molecular complexity index is 996. The molecule has 2 heterocycles. The van der Waals surface area contributed by atoms with Gasteiger partial charge in [0.05, 0.1) is 11.4 Å². The second-order valence-electron chi connectivity index (χ2n) is 5.82. The normalized spacial score (nSPS) is 16.3. The van der Waals surface area contributed by atoms with Gasteiger partial charge >= 0.3 is 0 Å². The molecule has 138 valence electrons. The maximum absolute atomic E-state index is 12.6. The van der Waals surface area contributed by atoms with E-state index in [4.69, 9.17) is 4.74 Å². The van der Waals surface area contributed by atoms with E-state index in [1.54, 1.807) is 20.0 Å². The molecule has 10 heteroatoms. The zero-order valence-electron chi connectivity index (χ0n) is 14.4. The van der Waals surface area contributed by atoms with Crippen molar-refractivity contribution in [1.29, 1.82) is 0 Å². The number of carbonyl (C=O) groups is 2. The molecule has 0 spiro atoms. The summed E-state index contributed by atoms with van der Waals surface area (Å²) < 4.78 is 34.5. The van der Waals surface area contributed by atoms with Gasteiger partial charge < -0.3 is 19.9 Å². The van der Waals surface area contributed by atoms with Crippen LogP contribution in [-0.4, -0.2) is 38.0 Å². The summed E-state index contributed by atoms with van der Waals surface area (Å²) in [6.45, 7) is 1.62. The number of carbonyl (C=O) groups excluding carboxylic acids is 2. The Hall–Kier alpha value is -3.01. The number of hydrogen-bond donors (Lipinski definition) is 3. The van der Waals surface area contributed by atoms with Crippen LogP contribution in [-0.2, 0) is 21.9 Å². The molecule has 1 atom stereocenters. The Kier molecular flexibility index (Phi) is 4.36. The van der Waals surface area contributed by atoms with Crippen LogP contribution in [0.25, 0.3) is 0 Å². The first-order valence-electron chi connectivity index (χ1n) is 7.74. The highest BCUT2D eigenvalue weighted by Crippen LogP contribution is 2.33. The molecule has 3 N–H and O–H groups in total. The van der Waals surface area contributed by atoms with Crippen molar-refractivity contribution in [2.75, 3.05) is 17.1 Å². The van der Waals surface area contributed by atoms with Gasteiger partial charge in [0.2, 0.25) is 0 Å². The summed E-state index contributed by atoms with van der Waals surface area (Å²) in [6.07, 6.45) is 0.732. The van der Waals surface area contributed by atoms with Gasteiger partial charge in [-0.25, -0.2) is 8.42 Å². The van der Waals surface area contributed by atoms with E-state index in [0.29, 0.717) is 11.4 Å². The average Bonchev–Trinajstić information content (AvgIpc) is 2.98. The quantitative estimate of drug-likeness (QED) is 0.731. The van der Waals surface area contributed by atoms with Gasteiger partial charge in [-0.2, -0.15) is 0 Å². The van der Waals surface area contributed by atoms with Gasteiger partial charge in [0.15, 0.2) is 6.10 Å². The van der Waals surface area contributed by atoms with Crippen molar-refractivity contribution in [2.24, 2.45) is 7.05 Å². The van der Waals surface area contributed by atoms with Crippen molar-refractivity contribution in [2.45, 2.75) is 17.9 Å². The number of aromatic nitrogens is 1. The van der Waals surface area contributed by atoms with Crippen LogP contribution in [0, 0.1) is 0 Å². The molecule has 26 heavy (non-hydrogen) atoms. The molecule has 2 aromatic rings. The largest absolute Gasteiger partial charge is 0.479 e. The third-order valence-corrected chi connectivity index (χ3v) is 5.26. The Labute approximate surface area is 150 Å². The van der Waals surface area contributed by atoms with Gasteiger partial charge in [0.25, 0.3) is 21.8 Å². The van der Waals surface area contributed by atoms with E-state index in [1.165, 1.54) is 36.0 Å². The Morgan fingerprint density at radius 2 is 2.04 bits per heavy atom. The van der Waals surface area contributed by atoms with E-state index >= 15 is 0 Å². The smallest absolute Gasteiger partial charge is 0.267 e. The predicted octanol–water partition coefficient (Wildman–Crippen LogP) is 0.905. The van der Waals surface area contributed by atoms with Crippen molar-refractivity contribution >= 4 is 33.2 Å². The van der Waals surface area contributed by atoms with E-state index in [9.17, 15) is 18.0 Å². The molecule has 0 saturated carbocycles. The summed E-state index contributed by atoms with van der Waals surface area (Å²) in [5, 5.41) is 5.10. The fourth-order valence-corrected chi connectivity index (χ4v) is 3.64. The number of fused-ring (bicyclic) bond motifs is 1. The highest BCUT2D eigenvalue weighted by atomic mass is 32.2. The number of ether oxygens (including phenoxy) is 1. The maximum atomic E-state index is 12.6. The Morgan fingerprint density at radius 3 is 2.73 bits per heavy atom. The lowest BCUT2D eigenvalue weighted by Crippen LogP contribution is -2.34. The molecule has 2 amide bonds. The van der Waals surface area contributed by atoms with Crippen LogP contribution >= 0.6 is 0 Å². The molecule has 1 aliphatic rings. The van der Waals surface area contributed by atoms with Crippen molar-refractivity contribution < 1.29 is 22.7 Å². The van der Waals surface area contributed by atoms with Crippen molar-refractivity contribution in [3.63, 3.8) is 0 Å². The number of aryl methyl sites for hydroxylation is 1. The van der Waals surface area contributed by atoms with Gasteiger partial charge in [-0.05, 0) is 31.2 Å². The van der Waals surface area contributed by atoms with Crippen LogP contribution in [0.15, 0.2) is 35.4 Å². The lowest BCUT2D eigenvalue weighted by atomic mass is 10.2. The summed E-state index contributed by atoms with van der Waals surface area (Å²) in [5.74, 6) is -0.242. The third kappa shape index (κ3) is 3.23. The standard InChI is InChI=1S/C16H18N4O5S/c1-9-15(21)18-12-6-10(4-5-14(12)25-9)19-26(23,24)11-7-13(16(22)17-2)20(3)8-11/h4-9,19H,1-3H3,(H,17,22)(H,18,21). The van der Waals surface area contributed by atoms with Gasteiger partial charge in [0, 0.05) is 20.3 Å². The van der Waals surface area contributed by atoms with Gasteiger partial charge in [-0.3, -0.25) is 14.3 Å². The molecular formula is C16H18N4O5S. The lowest BCUT2D eigenvalue weighted by molar-refractivity contribution is -0.122. The van der Waals surface area contributed by atoms with Crippen molar-refractivity contribution in [3.8, 4) is 5.75 Å². The maximum Gasteiger partial charge on any atom is 0.267 e. The summed E-state index contributed by atoms with van der Waals surface area (Å²) in [4.78, 5) is 23.4. The van der Waals surface area contributed by atoms with E-state index in [1.807, 2.05) is 0 Å². The lowest BCUT2D eigenvalue weighted by Gasteiger charge is -2.23. The molecule has 0 saturated heterocycles. The third-order valence-electron chi connectivity index (χ3n) is 3.91. The van der Waals surface area contributed by atoms with Gasteiger partial charge in [-0.1, -0.05) is 0 Å². The Morgan fingerprint density at radius 1 is 1.31 bits per heavy atom. The fourth-order valence-electron chi connectivity index (χ4n) is 2.52. The number of sulfonamides is 1. The van der Waals surface area contributed by atoms with Crippen LogP contribution in [0.1, 0.15) is 17.4 Å². The van der Waals surface area contributed by atoms with E-state index in [0.717, 1.165) is 0 Å². The van der Waals surface area contributed by atoms with Gasteiger partial charge in [0.1, 0.15) is 16.3 Å². The molecule has 1 aliphatic heterocycles. The molecule has 9 nitrogen and oxygen atoms in total. The van der Waals surface area contributed by atoms with E-state index in [-0.39, 0.29) is 22.2 Å². The summed E-state index contributed by atoms with van der Waals surface area (Å²) in [7, 11) is -0.868. The number of nitrogens with zero attached hydrogens (tertiary/aromatic N) is 1. The molecular weight excluding hydrogens is 360 g/mol. The van der Waals surface area contributed by atoms with Crippen LogP contribution in [0.5, 0.6) is 5.75 Å². The minimum Gasteiger partial charge on any atom is -0.479 e. The minimum atomic E-state index is -3.91. The highest BCUT2D eigenvalue weighted by molar-refractivity contribution is 7.92. The number of nitrogens with one attached hydrogen (secondary N) is 3. The van der Waals surface area contributed by atoms with Crippen molar-refractivity contribution in [3.05, 3.63) is 36.2 Å². The van der Waals surface area contributed by atoms with E-state index in [2.05, 4.69) is 15.4 Å². The number of rotatable bonds is 4. The molecule has 0 aliphatic carbocycles. The topological polar surface area (TPSA) is 119 Å². The SMILES string of the molecule is CNC(=O)c1cc(S(=O)(=O)Nc2ccc3c(c2)NC(=O)C(C)O3)cn1C. The average molecular weight is 378 g/mol. The molecule has 1 aromatic heterocycles. The Balaban J connectivity index is 1.88. The second-order valence-corrected chi connectivity index (χ2v) is 7.50. The molecule has 0 radical (unpaired) electrons. The van der Waals surface area contributed by atoms with Crippen molar-refractivity contribution in [1.82, 2.24) is 9.88 Å². The zero-order valence-corrected chi connectivity index (χ0v) is 15.2. The van der Waals surface area contributed by atoms with Crippen LogP contribution < -0.4 is 20.1 Å². The molecule has 3 rings (SSSR count). The molecule has 0 fully saturated rings. The molecule has 0 bridgehead atoms. The molecule has 1 unspecified atom stereocenters. The highest BCUT2D eigenvalue weighted by Gasteiger charge is 2.25. The first-order valence-corrected chi connectivity index (χ1v) is 9.22. The van der Waals surface area contributed by atoms with Gasteiger partial charge in [-0.15, -0.1) is 0 Å². The second kappa shape index (κ2) is 6.37. The van der Waals surface area contributed by atoms with E-state index < -0.39 is 22.0 Å². The number of anilines is 2. The number of benzene rings is 1. The summed E-state index contributed by atoms with van der Waals surface area (Å²) >= 11 is 0. The number of amides is 2. The van der Waals surface area contributed by atoms with Crippen LogP contribution in [0.4, 0.5) is 11.4 Å². The fraction of sp³-hybridized carbons (Fsp3) is 0.250. The summed E-state index contributed by atoms with van der Waals surface area (Å²) in [5.41, 5.74) is 0.855.